The molecule has 6 nitrogen and oxygen atoms in total. The molecule has 0 bridgehead atoms. The van der Waals surface area contributed by atoms with Gasteiger partial charge in [-0.1, -0.05) is 6.07 Å². The van der Waals surface area contributed by atoms with Crippen molar-refractivity contribution in [2.45, 2.75) is 26.1 Å². The van der Waals surface area contributed by atoms with Crippen LogP contribution in [0.3, 0.4) is 0 Å². The van der Waals surface area contributed by atoms with Crippen LogP contribution in [0.2, 0.25) is 0 Å². The van der Waals surface area contributed by atoms with Gasteiger partial charge in [-0.15, -0.1) is 0 Å². The zero-order valence-corrected chi connectivity index (χ0v) is 13.6. The number of nitrogens with zero attached hydrogens (tertiary/aromatic N) is 3. The van der Waals surface area contributed by atoms with Gasteiger partial charge in [-0.2, -0.15) is 0 Å². The van der Waals surface area contributed by atoms with Crippen LogP contribution >= 0.6 is 0 Å². The molecule has 0 aliphatic rings. The quantitative estimate of drug-likeness (QED) is 0.856. The van der Waals surface area contributed by atoms with Crippen molar-refractivity contribution in [2.24, 2.45) is 0 Å². The van der Waals surface area contributed by atoms with Crippen molar-refractivity contribution in [3.63, 3.8) is 0 Å². The highest BCUT2D eigenvalue weighted by atomic mass is 19.1. The standard InChI is InChI=1S/C16H22FN5O/c1-12(10-22-7-6-18-11-22)20-16(23)19-9-13-4-5-15(21(2)3)14(17)8-13/h4-8,11-12H,9-10H2,1-3H3,(H2,19,20,23)/t12-/m0/s1. The summed E-state index contributed by atoms with van der Waals surface area (Å²) in [7, 11) is 3.57. The third-order valence-electron chi connectivity index (χ3n) is 3.37. The largest absolute Gasteiger partial charge is 0.375 e. The molecule has 0 spiro atoms. The summed E-state index contributed by atoms with van der Waals surface area (Å²) in [4.78, 5) is 17.5. The summed E-state index contributed by atoms with van der Waals surface area (Å²) in [6.07, 6.45) is 5.23. The molecule has 1 aromatic carbocycles. The molecule has 0 aliphatic heterocycles. The number of hydrogen-bond acceptors (Lipinski definition) is 3. The number of rotatable bonds is 6. The number of nitrogens with one attached hydrogen (secondary N) is 2. The maximum Gasteiger partial charge on any atom is 0.315 e. The first kappa shape index (κ1) is 16.8. The first-order chi connectivity index (χ1) is 11.0. The molecule has 2 rings (SSSR count). The van der Waals surface area contributed by atoms with E-state index in [9.17, 15) is 9.18 Å². The number of carbonyl (C=O) groups is 1. The van der Waals surface area contributed by atoms with Gasteiger partial charge in [0.15, 0.2) is 0 Å². The third-order valence-corrected chi connectivity index (χ3v) is 3.37. The second kappa shape index (κ2) is 7.62. The van der Waals surface area contributed by atoms with Crippen LogP contribution in [0.15, 0.2) is 36.9 Å². The Morgan fingerprint density at radius 1 is 1.43 bits per heavy atom. The predicted molar refractivity (Wildman–Crippen MR) is 87.8 cm³/mol. The van der Waals surface area contributed by atoms with Gasteiger partial charge in [0.05, 0.1) is 12.0 Å². The van der Waals surface area contributed by atoms with Gasteiger partial charge < -0.3 is 20.1 Å². The minimum absolute atomic E-state index is 0.0444. The lowest BCUT2D eigenvalue weighted by molar-refractivity contribution is 0.236. The first-order valence-electron chi connectivity index (χ1n) is 7.41. The van der Waals surface area contributed by atoms with Crippen molar-refractivity contribution >= 4 is 11.7 Å². The Labute approximate surface area is 135 Å². The molecule has 0 saturated heterocycles. The fraction of sp³-hybridized carbons (Fsp3) is 0.375. The molecule has 1 heterocycles. The summed E-state index contributed by atoms with van der Waals surface area (Å²) in [6, 6.07) is 4.61. The zero-order chi connectivity index (χ0) is 16.8. The van der Waals surface area contributed by atoms with E-state index < -0.39 is 0 Å². The van der Waals surface area contributed by atoms with Gasteiger partial charge in [0.1, 0.15) is 5.82 Å². The van der Waals surface area contributed by atoms with Crippen LogP contribution in [0.4, 0.5) is 14.9 Å². The summed E-state index contributed by atoms with van der Waals surface area (Å²) in [5.74, 6) is -0.303. The number of urea groups is 1. The summed E-state index contributed by atoms with van der Waals surface area (Å²) >= 11 is 0. The number of carbonyl (C=O) groups excluding carboxylic acids is 1. The van der Waals surface area contributed by atoms with Gasteiger partial charge in [-0.05, 0) is 24.6 Å². The molecule has 2 N–H and O–H groups in total. The number of amides is 2. The van der Waals surface area contributed by atoms with E-state index >= 15 is 0 Å². The second-order valence-corrected chi connectivity index (χ2v) is 5.67. The first-order valence-corrected chi connectivity index (χ1v) is 7.41. The van der Waals surface area contributed by atoms with Gasteiger partial charge in [0.2, 0.25) is 0 Å². The molecule has 0 unspecified atom stereocenters. The SMILES string of the molecule is C[C@@H](Cn1ccnc1)NC(=O)NCc1ccc(N(C)C)c(F)c1. The van der Waals surface area contributed by atoms with Crippen LogP contribution in [-0.2, 0) is 13.1 Å². The summed E-state index contributed by atoms with van der Waals surface area (Å²) in [5.41, 5.74) is 1.23. The number of benzene rings is 1. The number of halogens is 1. The lowest BCUT2D eigenvalue weighted by atomic mass is 10.2. The molecule has 0 saturated carbocycles. The van der Waals surface area contributed by atoms with E-state index in [0.717, 1.165) is 0 Å². The predicted octanol–water partition coefficient (Wildman–Crippen LogP) is 1.98. The van der Waals surface area contributed by atoms with Crippen LogP contribution in [0, 0.1) is 5.82 Å². The van der Waals surface area contributed by atoms with Crippen LogP contribution in [-0.4, -0.2) is 35.7 Å². The molecule has 23 heavy (non-hydrogen) atoms. The molecule has 0 aliphatic carbocycles. The second-order valence-electron chi connectivity index (χ2n) is 5.67. The molecule has 0 fully saturated rings. The van der Waals surface area contributed by atoms with E-state index in [1.165, 1.54) is 6.07 Å². The van der Waals surface area contributed by atoms with Crippen LogP contribution in [0.1, 0.15) is 12.5 Å². The van der Waals surface area contributed by atoms with E-state index in [2.05, 4.69) is 15.6 Å². The lowest BCUT2D eigenvalue weighted by Crippen LogP contribution is -2.42. The van der Waals surface area contributed by atoms with Crippen LogP contribution < -0.4 is 15.5 Å². The normalized spacial score (nSPS) is 11.8. The summed E-state index contributed by atoms with van der Waals surface area (Å²) < 4.78 is 15.8. The van der Waals surface area contributed by atoms with Crippen molar-refractivity contribution in [1.82, 2.24) is 20.2 Å². The minimum Gasteiger partial charge on any atom is -0.375 e. The maximum absolute atomic E-state index is 13.9. The van der Waals surface area contributed by atoms with Gasteiger partial charge in [0.25, 0.3) is 0 Å². The van der Waals surface area contributed by atoms with E-state index in [4.69, 9.17) is 0 Å². The molecule has 7 heteroatoms. The highest BCUT2D eigenvalue weighted by Gasteiger charge is 2.09. The number of imidazole rings is 1. The molecule has 1 aromatic heterocycles. The molecule has 0 radical (unpaired) electrons. The molecule has 2 amide bonds. The fourth-order valence-electron chi connectivity index (χ4n) is 2.24. The molecule has 2 aromatic rings. The summed E-state index contributed by atoms with van der Waals surface area (Å²) in [5, 5.41) is 5.56. The topological polar surface area (TPSA) is 62.2 Å². The van der Waals surface area contributed by atoms with Crippen LogP contribution in [0.5, 0.6) is 0 Å². The van der Waals surface area contributed by atoms with Crippen molar-refractivity contribution < 1.29 is 9.18 Å². The van der Waals surface area contributed by atoms with E-state index in [0.29, 0.717) is 17.8 Å². The molecular formula is C16H22FN5O. The Hall–Kier alpha value is -2.57. The van der Waals surface area contributed by atoms with Gasteiger partial charge >= 0.3 is 6.03 Å². The molecular weight excluding hydrogens is 297 g/mol. The van der Waals surface area contributed by atoms with Crippen LogP contribution in [0.25, 0.3) is 0 Å². The van der Waals surface area contributed by atoms with Gasteiger partial charge in [0, 0.05) is 45.6 Å². The number of hydrogen-bond donors (Lipinski definition) is 2. The fourth-order valence-corrected chi connectivity index (χ4v) is 2.24. The Bertz CT molecular complexity index is 642. The van der Waals surface area contributed by atoms with Gasteiger partial charge in [-0.25, -0.2) is 14.2 Å². The average Bonchev–Trinajstić information content (AvgIpc) is 2.97. The Kier molecular flexibility index (Phi) is 5.56. The van der Waals surface area contributed by atoms with E-state index in [-0.39, 0.29) is 24.4 Å². The smallest absolute Gasteiger partial charge is 0.315 e. The van der Waals surface area contributed by atoms with Crippen molar-refractivity contribution in [3.8, 4) is 0 Å². The minimum atomic E-state index is -0.303. The Morgan fingerprint density at radius 3 is 2.83 bits per heavy atom. The van der Waals surface area contributed by atoms with Crippen molar-refractivity contribution in [3.05, 3.63) is 48.3 Å². The summed E-state index contributed by atoms with van der Waals surface area (Å²) in [6.45, 7) is 2.82. The number of anilines is 1. The van der Waals surface area contributed by atoms with E-state index in [1.54, 1.807) is 43.7 Å². The van der Waals surface area contributed by atoms with Crippen molar-refractivity contribution in [2.75, 3.05) is 19.0 Å². The highest BCUT2D eigenvalue weighted by molar-refractivity contribution is 5.74. The van der Waals surface area contributed by atoms with Crippen molar-refractivity contribution in [1.29, 1.82) is 0 Å². The number of aromatic nitrogens is 2. The zero-order valence-electron chi connectivity index (χ0n) is 13.6. The Morgan fingerprint density at radius 2 is 2.22 bits per heavy atom. The lowest BCUT2D eigenvalue weighted by Gasteiger charge is -2.16. The molecule has 124 valence electrons. The molecule has 1 atom stereocenters. The average molecular weight is 319 g/mol. The highest BCUT2D eigenvalue weighted by Crippen LogP contribution is 2.18. The monoisotopic (exact) mass is 319 g/mol. The third kappa shape index (κ3) is 4.98. The van der Waals surface area contributed by atoms with E-state index in [1.807, 2.05) is 17.7 Å². The maximum atomic E-state index is 13.9. The van der Waals surface area contributed by atoms with Gasteiger partial charge in [-0.3, -0.25) is 0 Å². The Balaban J connectivity index is 1.81.